The van der Waals surface area contributed by atoms with Gasteiger partial charge in [0.05, 0.1) is 0 Å². The summed E-state index contributed by atoms with van der Waals surface area (Å²) >= 11 is 0. The Bertz CT molecular complexity index is 1110. The molecule has 1 aliphatic heterocycles. The molecule has 6 heteroatoms. The van der Waals surface area contributed by atoms with Crippen molar-refractivity contribution in [2.24, 2.45) is 5.73 Å². The quantitative estimate of drug-likeness (QED) is 0.427. The van der Waals surface area contributed by atoms with Crippen molar-refractivity contribution in [1.82, 2.24) is 4.57 Å². The zero-order valence-electron chi connectivity index (χ0n) is 16.0. The molecule has 1 atom stereocenters. The average Bonchev–Trinajstić information content (AvgIpc) is 3.23. The predicted octanol–water partition coefficient (Wildman–Crippen LogP) is 3.32. The van der Waals surface area contributed by atoms with Gasteiger partial charge in [0.15, 0.2) is 0 Å². The van der Waals surface area contributed by atoms with Gasteiger partial charge in [-0.1, -0.05) is 36.4 Å². The van der Waals surface area contributed by atoms with Crippen LogP contribution in [-0.2, 0) is 9.59 Å². The lowest BCUT2D eigenvalue weighted by Gasteiger charge is -2.16. The monoisotopic (exact) mass is 389 g/mol. The van der Waals surface area contributed by atoms with Gasteiger partial charge in [-0.05, 0) is 37.5 Å². The van der Waals surface area contributed by atoms with Gasteiger partial charge >= 0.3 is 0 Å². The molecule has 0 radical (unpaired) electrons. The maximum absolute atomic E-state index is 12.5. The molecule has 0 saturated carbocycles. The molecule has 0 spiro atoms. The number of para-hydroxylation sites is 2. The first-order valence-corrected chi connectivity index (χ1v) is 9.72. The minimum absolute atomic E-state index is 0.0871. The molecule has 0 aliphatic carbocycles. The molecule has 4 rings (SSSR count). The minimum Gasteiger partial charge on any atom is -0.396 e. The summed E-state index contributed by atoms with van der Waals surface area (Å²) in [6.07, 6.45) is 5.62. The summed E-state index contributed by atoms with van der Waals surface area (Å²) in [5.74, 6) is -0.552. The molecular formula is C23H23N3O3. The summed E-state index contributed by atoms with van der Waals surface area (Å²) in [4.78, 5) is 24.7. The lowest BCUT2D eigenvalue weighted by molar-refractivity contribution is -0.121. The summed E-state index contributed by atoms with van der Waals surface area (Å²) in [6.45, 7) is 0.0871. The van der Waals surface area contributed by atoms with Crippen LogP contribution in [-0.4, -0.2) is 28.1 Å². The first-order chi connectivity index (χ1) is 14.1. The Hall–Kier alpha value is -3.38. The third kappa shape index (κ3) is 3.54. The summed E-state index contributed by atoms with van der Waals surface area (Å²) in [5.41, 5.74) is 9.70. The molecule has 0 bridgehead atoms. The number of benzene rings is 2. The number of aromatic nitrogens is 1. The molecule has 3 aromatic rings. The van der Waals surface area contributed by atoms with Crippen LogP contribution in [0, 0.1) is 0 Å². The van der Waals surface area contributed by atoms with Crippen LogP contribution in [0.1, 0.15) is 36.4 Å². The minimum atomic E-state index is -0.511. The van der Waals surface area contributed by atoms with Crippen LogP contribution < -0.4 is 11.1 Å². The van der Waals surface area contributed by atoms with Crippen molar-refractivity contribution >= 4 is 40.1 Å². The Labute approximate surface area is 168 Å². The van der Waals surface area contributed by atoms with E-state index in [4.69, 9.17) is 10.8 Å². The lowest BCUT2D eigenvalue weighted by atomic mass is 10.0. The highest BCUT2D eigenvalue weighted by Gasteiger charge is 2.25. The normalized spacial score (nSPS) is 15.5. The molecule has 148 valence electrons. The van der Waals surface area contributed by atoms with Crippen LogP contribution in [0.5, 0.6) is 0 Å². The number of fused-ring (bicyclic) bond motifs is 2. The van der Waals surface area contributed by atoms with Crippen LogP contribution in [0.4, 0.5) is 5.69 Å². The highest BCUT2D eigenvalue weighted by atomic mass is 16.3. The first kappa shape index (κ1) is 19.0. The maximum Gasteiger partial charge on any atom is 0.256 e. The number of primary amides is 1. The Kier molecular flexibility index (Phi) is 5.18. The number of amides is 2. The van der Waals surface area contributed by atoms with Crippen molar-refractivity contribution in [2.45, 2.75) is 25.3 Å². The molecule has 2 amide bonds. The third-order valence-corrected chi connectivity index (χ3v) is 5.33. The van der Waals surface area contributed by atoms with E-state index in [1.54, 1.807) is 0 Å². The van der Waals surface area contributed by atoms with Gasteiger partial charge < -0.3 is 20.7 Å². The number of aliphatic hydroxyl groups is 1. The zero-order valence-corrected chi connectivity index (χ0v) is 16.0. The van der Waals surface area contributed by atoms with Crippen LogP contribution >= 0.6 is 0 Å². The number of anilines is 1. The van der Waals surface area contributed by atoms with Crippen LogP contribution in [0.25, 0.3) is 22.6 Å². The highest BCUT2D eigenvalue weighted by molar-refractivity contribution is 6.35. The Balaban J connectivity index is 1.81. The maximum atomic E-state index is 12.5. The van der Waals surface area contributed by atoms with Gasteiger partial charge in [-0.3, -0.25) is 9.59 Å². The molecule has 1 unspecified atom stereocenters. The molecule has 6 nitrogen and oxygen atoms in total. The highest BCUT2D eigenvalue weighted by Crippen LogP contribution is 2.35. The summed E-state index contributed by atoms with van der Waals surface area (Å²) in [5, 5.41) is 12.9. The molecule has 1 aliphatic rings. The second-order valence-corrected chi connectivity index (χ2v) is 7.20. The number of hydrogen-bond donors (Lipinski definition) is 3. The van der Waals surface area contributed by atoms with E-state index in [1.165, 1.54) is 0 Å². The molecule has 1 aromatic heterocycles. The fraction of sp³-hybridized carbons (Fsp3) is 0.217. The summed E-state index contributed by atoms with van der Waals surface area (Å²) in [6, 6.07) is 14.8. The smallest absolute Gasteiger partial charge is 0.256 e. The average molecular weight is 389 g/mol. The number of hydrogen-bond acceptors (Lipinski definition) is 3. The number of unbranched alkanes of at least 4 members (excludes halogenated alkanes) is 1. The Morgan fingerprint density at radius 3 is 2.69 bits per heavy atom. The van der Waals surface area contributed by atoms with E-state index in [0.717, 1.165) is 27.7 Å². The molecule has 29 heavy (non-hydrogen) atoms. The predicted molar refractivity (Wildman–Crippen MR) is 114 cm³/mol. The van der Waals surface area contributed by atoms with E-state index in [-0.39, 0.29) is 12.5 Å². The summed E-state index contributed by atoms with van der Waals surface area (Å²) < 4.78 is 1.89. The number of aliphatic hydroxyl groups excluding tert-OH is 1. The largest absolute Gasteiger partial charge is 0.396 e. The molecule has 0 fully saturated rings. The molecule has 4 N–H and O–H groups in total. The number of nitrogens with zero attached hydrogens (tertiary/aromatic N) is 1. The van der Waals surface area contributed by atoms with Crippen LogP contribution in [0.15, 0.2) is 54.7 Å². The van der Waals surface area contributed by atoms with Gasteiger partial charge in [0, 0.05) is 46.1 Å². The zero-order chi connectivity index (χ0) is 20.4. The topological polar surface area (TPSA) is 97.3 Å². The van der Waals surface area contributed by atoms with Gasteiger partial charge in [-0.25, -0.2) is 0 Å². The number of nitrogens with two attached hydrogens (primary N) is 1. The number of carbonyl (C=O) groups is 2. The fourth-order valence-corrected chi connectivity index (χ4v) is 3.91. The van der Waals surface area contributed by atoms with Gasteiger partial charge in [0.25, 0.3) is 5.91 Å². The van der Waals surface area contributed by atoms with Crippen molar-refractivity contribution < 1.29 is 14.7 Å². The lowest BCUT2D eigenvalue weighted by Crippen LogP contribution is -2.26. The second-order valence-electron chi connectivity index (χ2n) is 7.20. The molecule has 2 heterocycles. The van der Waals surface area contributed by atoms with E-state index in [1.807, 2.05) is 65.4 Å². The van der Waals surface area contributed by atoms with Gasteiger partial charge in [-0.15, -0.1) is 0 Å². The molecule has 0 saturated heterocycles. The van der Waals surface area contributed by atoms with Gasteiger partial charge in [-0.2, -0.15) is 0 Å². The van der Waals surface area contributed by atoms with Crippen molar-refractivity contribution in [2.75, 3.05) is 11.9 Å². The Morgan fingerprint density at radius 2 is 1.90 bits per heavy atom. The second kappa shape index (κ2) is 7.93. The Morgan fingerprint density at radius 1 is 1.14 bits per heavy atom. The van der Waals surface area contributed by atoms with E-state index in [9.17, 15) is 9.59 Å². The number of rotatable bonds is 7. The van der Waals surface area contributed by atoms with Crippen molar-refractivity contribution in [3.8, 4) is 0 Å². The van der Waals surface area contributed by atoms with E-state index in [2.05, 4.69) is 5.32 Å². The molecular weight excluding hydrogens is 366 g/mol. The fourth-order valence-electron chi connectivity index (χ4n) is 3.91. The first-order valence-electron chi connectivity index (χ1n) is 9.72. The standard InChI is InChI=1S/C23H23N3O3/c24-22(28)21(11-5-6-12-27)26-14-15(16-7-2-4-10-20(16)26)13-18-17-8-1-3-9-19(17)25-23(18)29/h1-4,7-10,13-14,21,27H,5-6,11-12H2,(H2,24,28)(H,25,29). The summed E-state index contributed by atoms with van der Waals surface area (Å²) in [7, 11) is 0. The number of nitrogens with one attached hydrogen (secondary N) is 1. The van der Waals surface area contributed by atoms with Crippen LogP contribution in [0.2, 0.25) is 0 Å². The van der Waals surface area contributed by atoms with Crippen LogP contribution in [0.3, 0.4) is 0 Å². The number of carbonyl (C=O) groups excluding carboxylic acids is 2. The van der Waals surface area contributed by atoms with E-state index in [0.29, 0.717) is 24.8 Å². The van der Waals surface area contributed by atoms with Crippen molar-refractivity contribution in [3.63, 3.8) is 0 Å². The van der Waals surface area contributed by atoms with Crippen molar-refractivity contribution in [1.29, 1.82) is 0 Å². The van der Waals surface area contributed by atoms with Gasteiger partial charge in [0.2, 0.25) is 5.91 Å². The SMILES string of the molecule is NC(=O)C(CCCCO)n1cc(C=C2C(=O)Nc3ccccc32)c2ccccc21. The third-order valence-electron chi connectivity index (χ3n) is 5.33. The van der Waals surface area contributed by atoms with E-state index >= 15 is 0 Å². The molecule has 2 aromatic carbocycles. The van der Waals surface area contributed by atoms with Gasteiger partial charge in [0.1, 0.15) is 6.04 Å². The van der Waals surface area contributed by atoms with E-state index < -0.39 is 11.9 Å². The van der Waals surface area contributed by atoms with Crippen molar-refractivity contribution in [3.05, 3.63) is 65.9 Å².